The minimum atomic E-state index is -0.121. The molecule has 0 aliphatic carbocycles. The molecule has 0 bridgehead atoms. The van der Waals surface area contributed by atoms with Gasteiger partial charge in [-0.25, -0.2) is 9.98 Å². The van der Waals surface area contributed by atoms with Crippen molar-refractivity contribution in [2.45, 2.75) is 66.0 Å². The molecule has 28 heavy (non-hydrogen) atoms. The van der Waals surface area contributed by atoms with Crippen LogP contribution in [-0.4, -0.2) is 37.1 Å². The second kappa shape index (κ2) is 8.76. The van der Waals surface area contributed by atoms with Gasteiger partial charge in [-0.15, -0.1) is 0 Å². The Morgan fingerprint density at radius 1 is 0.893 bits per heavy atom. The number of benzene rings is 1. The first kappa shape index (κ1) is 23.2. The van der Waals surface area contributed by atoms with Crippen LogP contribution in [0.15, 0.2) is 22.1 Å². The van der Waals surface area contributed by atoms with Crippen LogP contribution in [0.25, 0.3) is 0 Å². The summed E-state index contributed by atoms with van der Waals surface area (Å²) in [5.74, 6) is 1.53. The molecule has 0 saturated heterocycles. The van der Waals surface area contributed by atoms with E-state index in [2.05, 4.69) is 58.5 Å². The van der Waals surface area contributed by atoms with Gasteiger partial charge in [-0.3, -0.25) is 0 Å². The summed E-state index contributed by atoms with van der Waals surface area (Å²) < 4.78 is 11.6. The fraction of sp³-hybridized carbons (Fsp3) is 0.636. The zero-order valence-electron chi connectivity index (χ0n) is 18.5. The summed E-state index contributed by atoms with van der Waals surface area (Å²) in [6.07, 6.45) is 0. The van der Waals surface area contributed by atoms with Gasteiger partial charge in [0.25, 0.3) is 0 Å². The summed E-state index contributed by atoms with van der Waals surface area (Å²) in [6, 6.07) is 4.02. The van der Waals surface area contributed by atoms with Crippen molar-refractivity contribution in [3.05, 3.63) is 28.8 Å². The van der Waals surface area contributed by atoms with Gasteiger partial charge in [-0.2, -0.15) is 0 Å². The van der Waals surface area contributed by atoms with Crippen LogP contribution in [0.4, 0.5) is 0 Å². The quantitative estimate of drug-likeness (QED) is 0.705. The molecule has 0 saturated carbocycles. The molecule has 0 N–H and O–H groups in total. The minimum absolute atomic E-state index is 0. The summed E-state index contributed by atoms with van der Waals surface area (Å²) in [5, 5.41) is 13.3. The second-order valence-electron chi connectivity index (χ2n) is 9.26. The van der Waals surface area contributed by atoms with Crippen LogP contribution in [-0.2, 0) is 14.9 Å². The average Bonchev–Trinajstić information content (AvgIpc) is 3.23. The molecule has 2 atom stereocenters. The van der Waals surface area contributed by atoms with Gasteiger partial charge in [-0.05, 0) is 34.9 Å². The van der Waals surface area contributed by atoms with Crippen LogP contribution in [0.3, 0.4) is 0 Å². The molecule has 1 aromatic carbocycles. The predicted molar refractivity (Wildman–Crippen MR) is 107 cm³/mol. The summed E-state index contributed by atoms with van der Waals surface area (Å²) in [7, 11) is 0. The molecule has 2 heterocycles. The van der Waals surface area contributed by atoms with E-state index in [-0.39, 0.29) is 52.8 Å². The van der Waals surface area contributed by atoms with E-state index in [1.807, 2.05) is 12.1 Å². The summed E-state index contributed by atoms with van der Waals surface area (Å²) in [5.41, 5.74) is 1.95. The summed E-state index contributed by atoms with van der Waals surface area (Å²) in [4.78, 5) is 9.33. The molecule has 148 valence electrons. The molecule has 2 aliphatic rings. The van der Waals surface area contributed by atoms with Gasteiger partial charge >= 0.3 is 29.6 Å². The first-order valence-electron chi connectivity index (χ1n) is 9.85. The van der Waals surface area contributed by atoms with E-state index in [9.17, 15) is 5.11 Å². The normalized spacial score (nSPS) is 21.9. The standard InChI is InChI=1S/C22H32N2O3.Na/c1-12(2)17-10-26-20(23-17)15-8-14(22(5,6)7)9-16(19(15)25)21-24-18(11-27-21)13(3)4;/h8-9,12-13,17-18,25H,10-11H2,1-7H3;/q;+1/p-1/t17-,18-;/m1./s1. The molecular weight excluding hydrogens is 363 g/mol. The first-order chi connectivity index (χ1) is 12.6. The van der Waals surface area contributed by atoms with Gasteiger partial charge in [-0.1, -0.05) is 54.2 Å². The molecule has 0 aromatic heterocycles. The Morgan fingerprint density at radius 2 is 1.29 bits per heavy atom. The zero-order chi connectivity index (χ0) is 19.9. The zero-order valence-corrected chi connectivity index (χ0v) is 20.5. The molecule has 2 aliphatic heterocycles. The van der Waals surface area contributed by atoms with Crippen molar-refractivity contribution in [2.24, 2.45) is 21.8 Å². The van der Waals surface area contributed by atoms with Crippen molar-refractivity contribution in [3.8, 4) is 5.75 Å². The van der Waals surface area contributed by atoms with E-state index in [0.29, 0.717) is 48.0 Å². The van der Waals surface area contributed by atoms with E-state index in [1.165, 1.54) is 0 Å². The molecule has 0 amide bonds. The summed E-state index contributed by atoms with van der Waals surface area (Å²) >= 11 is 0. The predicted octanol–water partition coefficient (Wildman–Crippen LogP) is 0.665. The Hall–Kier alpha value is -1.04. The van der Waals surface area contributed by atoms with Crippen LogP contribution in [0, 0.1) is 11.8 Å². The largest absolute Gasteiger partial charge is 1.00 e. The number of nitrogens with zero attached hydrogens (tertiary/aromatic N) is 2. The Kier molecular flexibility index (Phi) is 7.27. The van der Waals surface area contributed by atoms with E-state index in [1.54, 1.807) is 0 Å². The Morgan fingerprint density at radius 3 is 1.57 bits per heavy atom. The first-order valence-corrected chi connectivity index (χ1v) is 9.85. The third kappa shape index (κ3) is 4.74. The monoisotopic (exact) mass is 394 g/mol. The van der Waals surface area contributed by atoms with Crippen molar-refractivity contribution in [1.29, 1.82) is 0 Å². The molecule has 3 rings (SSSR count). The molecule has 6 heteroatoms. The summed E-state index contributed by atoms with van der Waals surface area (Å²) in [6.45, 7) is 15.9. The molecule has 1 aromatic rings. The number of rotatable bonds is 4. The number of hydrogen-bond acceptors (Lipinski definition) is 5. The number of aliphatic imine (C=N–C) groups is 2. The molecule has 5 nitrogen and oxygen atoms in total. The van der Waals surface area contributed by atoms with Crippen LogP contribution in [0.1, 0.15) is 65.2 Å². The third-order valence-electron chi connectivity index (χ3n) is 5.30. The molecule has 0 radical (unpaired) electrons. The molecule has 0 unspecified atom stereocenters. The molecular formula is C22H31N2NaO3. The van der Waals surface area contributed by atoms with Gasteiger partial charge in [0.2, 0.25) is 11.8 Å². The van der Waals surface area contributed by atoms with Gasteiger partial charge < -0.3 is 14.6 Å². The molecule has 0 fully saturated rings. The van der Waals surface area contributed by atoms with Crippen LogP contribution in [0.5, 0.6) is 5.75 Å². The van der Waals surface area contributed by atoms with Gasteiger partial charge in [0.1, 0.15) is 13.2 Å². The van der Waals surface area contributed by atoms with Crippen molar-refractivity contribution in [2.75, 3.05) is 13.2 Å². The van der Waals surface area contributed by atoms with E-state index in [4.69, 9.17) is 9.47 Å². The molecule has 0 spiro atoms. The fourth-order valence-electron chi connectivity index (χ4n) is 3.14. The van der Waals surface area contributed by atoms with Crippen molar-refractivity contribution >= 4 is 11.8 Å². The van der Waals surface area contributed by atoms with Gasteiger partial charge in [0, 0.05) is 11.1 Å². The maximum absolute atomic E-state index is 13.3. The smallest absolute Gasteiger partial charge is 0.871 e. The van der Waals surface area contributed by atoms with E-state index in [0.717, 1.165) is 5.56 Å². The van der Waals surface area contributed by atoms with Crippen LogP contribution < -0.4 is 34.7 Å². The van der Waals surface area contributed by atoms with Crippen LogP contribution >= 0.6 is 0 Å². The SMILES string of the molecule is CC(C)[C@H]1COC(c2cc(C(C)(C)C)cc(C3=N[C@@H](C(C)C)CO3)c2[O-])=N1.[Na+]. The minimum Gasteiger partial charge on any atom is -0.871 e. The fourth-order valence-corrected chi connectivity index (χ4v) is 3.14. The van der Waals surface area contributed by atoms with Gasteiger partial charge in [0.05, 0.1) is 12.1 Å². The Balaban J connectivity index is 0.00000280. The van der Waals surface area contributed by atoms with Crippen molar-refractivity contribution in [1.82, 2.24) is 0 Å². The average molecular weight is 394 g/mol. The van der Waals surface area contributed by atoms with Crippen LogP contribution in [0.2, 0.25) is 0 Å². The van der Waals surface area contributed by atoms with Crippen molar-refractivity contribution < 1.29 is 44.1 Å². The number of hydrogen-bond donors (Lipinski definition) is 0. The van der Waals surface area contributed by atoms with Gasteiger partial charge in [0.15, 0.2) is 0 Å². The van der Waals surface area contributed by atoms with E-state index >= 15 is 0 Å². The Bertz CT molecular complexity index is 723. The van der Waals surface area contributed by atoms with Crippen molar-refractivity contribution in [3.63, 3.8) is 0 Å². The second-order valence-corrected chi connectivity index (χ2v) is 9.26. The van der Waals surface area contributed by atoms with E-state index < -0.39 is 0 Å². The number of ether oxygens (including phenoxy) is 2. The maximum atomic E-state index is 13.3. The Labute approximate surface area is 190 Å². The third-order valence-corrected chi connectivity index (χ3v) is 5.30. The topological polar surface area (TPSA) is 66.2 Å². The maximum Gasteiger partial charge on any atom is 1.00 e.